The topological polar surface area (TPSA) is 0 Å². The number of rotatable bonds is 6. The Morgan fingerprint density at radius 2 is 0.721 bits per heavy atom. The highest BCUT2D eigenvalue weighted by Gasteiger charge is 2.08. The van der Waals surface area contributed by atoms with Crippen LogP contribution in [0.25, 0.3) is 67.4 Å². The molecular formula is C42H31P. The minimum absolute atomic E-state index is 1.19. The van der Waals surface area contributed by atoms with E-state index in [9.17, 15) is 0 Å². The second-order valence-electron chi connectivity index (χ2n) is 10.9. The van der Waals surface area contributed by atoms with Crippen molar-refractivity contribution in [3.8, 4) is 44.5 Å². The van der Waals surface area contributed by atoms with Crippen molar-refractivity contribution in [3.63, 3.8) is 0 Å². The van der Waals surface area contributed by atoms with Crippen molar-refractivity contribution in [3.05, 3.63) is 175 Å². The molecule has 0 aliphatic rings. The van der Waals surface area contributed by atoms with Gasteiger partial charge < -0.3 is 0 Å². The minimum Gasteiger partial charge on any atom is -0.106 e. The van der Waals surface area contributed by atoms with Gasteiger partial charge in [0, 0.05) is 0 Å². The molecule has 1 heteroatoms. The van der Waals surface area contributed by atoms with E-state index in [1.807, 2.05) is 0 Å². The van der Waals surface area contributed by atoms with Crippen LogP contribution >= 0.6 is 9.24 Å². The molecule has 7 rings (SSSR count). The van der Waals surface area contributed by atoms with E-state index in [2.05, 4.69) is 185 Å². The Kier molecular flexibility index (Phi) is 7.53. The lowest BCUT2D eigenvalue weighted by molar-refractivity contribution is 1.57. The molecule has 0 amide bonds. The van der Waals surface area contributed by atoms with Crippen LogP contribution in [0, 0.1) is 0 Å². The fourth-order valence-electron chi connectivity index (χ4n) is 5.59. The molecule has 0 aliphatic carbocycles. The molecule has 1 atom stereocenters. The van der Waals surface area contributed by atoms with E-state index in [1.165, 1.54) is 71.7 Å². The Morgan fingerprint density at radius 1 is 0.302 bits per heavy atom. The summed E-state index contributed by atoms with van der Waals surface area (Å²) in [5.41, 5.74) is 12.2. The van der Waals surface area contributed by atoms with Crippen LogP contribution in [0.15, 0.2) is 164 Å². The lowest BCUT2D eigenvalue weighted by atomic mass is 9.92. The first-order valence-corrected chi connectivity index (χ1v) is 15.2. The lowest BCUT2D eigenvalue weighted by Crippen LogP contribution is -1.87. The van der Waals surface area contributed by atoms with Crippen molar-refractivity contribution in [2.24, 2.45) is 0 Å². The summed E-state index contributed by atoms with van der Waals surface area (Å²) in [5.74, 6) is 0. The molecule has 7 aromatic carbocycles. The maximum Gasteiger partial charge on any atom is -0.0171 e. The summed E-state index contributed by atoms with van der Waals surface area (Å²) in [4.78, 5) is 0. The van der Waals surface area contributed by atoms with Gasteiger partial charge in [0.05, 0.1) is 0 Å². The molecule has 0 bridgehead atoms. The van der Waals surface area contributed by atoms with Crippen LogP contribution in [-0.2, 0) is 0 Å². The number of benzene rings is 7. The lowest BCUT2D eigenvalue weighted by Gasteiger charge is -2.12. The molecule has 0 heterocycles. The average Bonchev–Trinajstić information content (AvgIpc) is 3.08. The van der Waals surface area contributed by atoms with E-state index in [0.717, 1.165) is 0 Å². The molecule has 7 aromatic rings. The predicted octanol–water partition coefficient (Wildman–Crippen LogP) is 11.2. The summed E-state index contributed by atoms with van der Waals surface area (Å²) in [5, 5.41) is 3.67. The third kappa shape index (κ3) is 6.12. The number of hydrogen-bond donors (Lipinski definition) is 0. The van der Waals surface area contributed by atoms with Crippen LogP contribution in [0.3, 0.4) is 0 Å². The normalized spacial score (nSPS) is 11.3. The number of fused-ring (bicyclic) bond motifs is 1. The van der Waals surface area contributed by atoms with E-state index in [1.54, 1.807) is 0 Å². The molecule has 43 heavy (non-hydrogen) atoms. The zero-order valence-electron chi connectivity index (χ0n) is 23.8. The zero-order chi connectivity index (χ0) is 29.0. The van der Waals surface area contributed by atoms with Crippen LogP contribution in [0.4, 0.5) is 0 Å². The van der Waals surface area contributed by atoms with Crippen molar-refractivity contribution < 1.29 is 0 Å². The maximum atomic E-state index is 2.74. The molecule has 1 unspecified atom stereocenters. The van der Waals surface area contributed by atoms with Gasteiger partial charge in [0.15, 0.2) is 0 Å². The summed E-state index contributed by atoms with van der Waals surface area (Å²) in [6, 6.07) is 59.0. The molecule has 0 saturated carbocycles. The van der Waals surface area contributed by atoms with Gasteiger partial charge in [-0.05, 0) is 102 Å². The van der Waals surface area contributed by atoms with E-state index in [4.69, 9.17) is 0 Å². The Labute approximate surface area is 256 Å². The SMILES string of the molecule is Pc1ccc(-c2ccc(/C=C/c3ccc4cc(-c5cc(-c6ccccc6)cc(-c6ccccc6)c5)ccc4c3)cc2)cc1. The monoisotopic (exact) mass is 566 g/mol. The van der Waals surface area contributed by atoms with Crippen molar-refractivity contribution in [2.75, 3.05) is 0 Å². The number of hydrogen-bond acceptors (Lipinski definition) is 0. The Bertz CT molecular complexity index is 1980. The molecule has 204 valence electrons. The van der Waals surface area contributed by atoms with Crippen LogP contribution in [0.5, 0.6) is 0 Å². The van der Waals surface area contributed by atoms with Gasteiger partial charge in [-0.1, -0.05) is 146 Å². The molecule has 0 radical (unpaired) electrons. The van der Waals surface area contributed by atoms with Gasteiger partial charge in [-0.15, -0.1) is 9.24 Å². The molecule has 0 saturated heterocycles. The van der Waals surface area contributed by atoms with E-state index < -0.39 is 0 Å². The van der Waals surface area contributed by atoms with Crippen LogP contribution in [0.2, 0.25) is 0 Å². The van der Waals surface area contributed by atoms with E-state index in [-0.39, 0.29) is 0 Å². The molecule has 0 spiro atoms. The summed E-state index contributed by atoms with van der Waals surface area (Å²) in [6.45, 7) is 0. The smallest absolute Gasteiger partial charge is 0.0171 e. The van der Waals surface area contributed by atoms with Crippen LogP contribution < -0.4 is 5.30 Å². The Hall–Kier alpha value is -5.03. The van der Waals surface area contributed by atoms with Crippen LogP contribution in [0.1, 0.15) is 11.1 Å². The highest BCUT2D eigenvalue weighted by molar-refractivity contribution is 7.27. The quantitative estimate of drug-likeness (QED) is 0.139. The van der Waals surface area contributed by atoms with Crippen LogP contribution in [-0.4, -0.2) is 0 Å². The van der Waals surface area contributed by atoms with Gasteiger partial charge in [0.2, 0.25) is 0 Å². The predicted molar refractivity (Wildman–Crippen MR) is 190 cm³/mol. The first-order chi connectivity index (χ1) is 21.2. The van der Waals surface area contributed by atoms with Gasteiger partial charge >= 0.3 is 0 Å². The van der Waals surface area contributed by atoms with Gasteiger partial charge in [-0.25, -0.2) is 0 Å². The van der Waals surface area contributed by atoms with E-state index >= 15 is 0 Å². The summed E-state index contributed by atoms with van der Waals surface area (Å²) in [6.07, 6.45) is 4.38. The second-order valence-corrected chi connectivity index (χ2v) is 11.6. The Morgan fingerprint density at radius 3 is 1.33 bits per heavy atom. The fraction of sp³-hybridized carbons (Fsp3) is 0. The molecular weight excluding hydrogens is 535 g/mol. The summed E-state index contributed by atoms with van der Waals surface area (Å²) < 4.78 is 0. The van der Waals surface area contributed by atoms with Crippen molar-refractivity contribution in [2.45, 2.75) is 0 Å². The molecule has 0 fully saturated rings. The van der Waals surface area contributed by atoms with Crippen molar-refractivity contribution in [1.29, 1.82) is 0 Å². The molecule has 0 aliphatic heterocycles. The first-order valence-electron chi connectivity index (χ1n) is 14.6. The van der Waals surface area contributed by atoms with Crippen molar-refractivity contribution >= 4 is 37.5 Å². The third-order valence-electron chi connectivity index (χ3n) is 7.97. The fourth-order valence-corrected chi connectivity index (χ4v) is 5.78. The zero-order valence-corrected chi connectivity index (χ0v) is 25.0. The standard InChI is InChI=1S/C42H31P/c43-42-23-21-35(22-24-42)34-16-13-30(14-17-34)11-12-31-15-18-37-26-38(20-19-36(37)25-31)41-28-39(32-7-3-1-4-8-32)27-40(29-41)33-9-5-2-6-10-33/h1-29H,43H2/b12-11+. The molecule has 0 aromatic heterocycles. The Balaban J connectivity index is 1.17. The van der Waals surface area contributed by atoms with Crippen molar-refractivity contribution in [1.82, 2.24) is 0 Å². The first kappa shape index (κ1) is 26.8. The highest BCUT2D eigenvalue weighted by Crippen LogP contribution is 2.34. The average molecular weight is 567 g/mol. The largest absolute Gasteiger partial charge is 0.106 e. The third-order valence-corrected chi connectivity index (χ3v) is 8.35. The van der Waals surface area contributed by atoms with Gasteiger partial charge in [0.1, 0.15) is 0 Å². The molecule has 0 N–H and O–H groups in total. The summed E-state index contributed by atoms with van der Waals surface area (Å²) in [7, 11) is 2.74. The molecule has 0 nitrogen and oxygen atoms in total. The van der Waals surface area contributed by atoms with Gasteiger partial charge in [0.25, 0.3) is 0 Å². The van der Waals surface area contributed by atoms with Gasteiger partial charge in [-0.2, -0.15) is 0 Å². The van der Waals surface area contributed by atoms with Gasteiger partial charge in [-0.3, -0.25) is 0 Å². The second kappa shape index (κ2) is 12.1. The maximum absolute atomic E-state index is 2.74. The summed E-state index contributed by atoms with van der Waals surface area (Å²) >= 11 is 0. The van der Waals surface area contributed by atoms with E-state index in [0.29, 0.717) is 0 Å². The highest BCUT2D eigenvalue weighted by atomic mass is 31.0. The minimum atomic E-state index is 1.19.